The predicted octanol–water partition coefficient (Wildman–Crippen LogP) is 3.85. The van der Waals surface area contributed by atoms with E-state index >= 15 is 0 Å². The number of hydrogen-bond acceptors (Lipinski definition) is 7. The summed E-state index contributed by atoms with van der Waals surface area (Å²) in [5.74, 6) is 0.384. The van der Waals surface area contributed by atoms with Crippen LogP contribution in [0.1, 0.15) is 75.2 Å². The van der Waals surface area contributed by atoms with Gasteiger partial charge in [0.05, 0.1) is 35.5 Å². The van der Waals surface area contributed by atoms with E-state index in [1.54, 1.807) is 24.0 Å². The molecule has 1 aliphatic rings. The Labute approximate surface area is 194 Å². The number of ether oxygens (including phenoxy) is 1. The average Bonchev–Trinajstić information content (AvgIpc) is 3.29. The normalized spacial score (nSPS) is 16.1. The summed E-state index contributed by atoms with van der Waals surface area (Å²) in [5, 5.41) is 2.74. The maximum absolute atomic E-state index is 12.7. The zero-order valence-electron chi connectivity index (χ0n) is 19.8. The van der Waals surface area contributed by atoms with E-state index in [9.17, 15) is 18.0 Å². The third kappa shape index (κ3) is 5.55. The third-order valence-electron chi connectivity index (χ3n) is 5.24. The smallest absolute Gasteiger partial charge is 0.411 e. The van der Waals surface area contributed by atoms with Crippen molar-refractivity contribution < 1.29 is 27.2 Å². The number of carbonyl (C=O) groups excluding carboxylic acids is 2. The SMILES string of the molecule is CCS(=O)(=O)c1ccc(CNC(=O)c2cc3c(o2)C(C(C)C)N(C(=O)OC(C)(C)C)C3)nc1. The van der Waals surface area contributed by atoms with Gasteiger partial charge in [0, 0.05) is 11.8 Å². The molecule has 0 fully saturated rings. The van der Waals surface area contributed by atoms with Gasteiger partial charge in [-0.05, 0) is 44.9 Å². The molecule has 0 saturated heterocycles. The van der Waals surface area contributed by atoms with Crippen LogP contribution in [-0.4, -0.2) is 41.7 Å². The van der Waals surface area contributed by atoms with Gasteiger partial charge in [0.15, 0.2) is 15.6 Å². The van der Waals surface area contributed by atoms with Gasteiger partial charge in [-0.3, -0.25) is 14.7 Å². The van der Waals surface area contributed by atoms with Crippen LogP contribution < -0.4 is 5.32 Å². The Hall–Kier alpha value is -2.88. The first-order chi connectivity index (χ1) is 15.3. The zero-order valence-corrected chi connectivity index (χ0v) is 20.7. The van der Waals surface area contributed by atoms with Crippen molar-refractivity contribution in [2.45, 2.75) is 71.2 Å². The highest BCUT2D eigenvalue weighted by molar-refractivity contribution is 7.91. The second-order valence-corrected chi connectivity index (χ2v) is 11.6. The second-order valence-electron chi connectivity index (χ2n) is 9.37. The van der Waals surface area contributed by atoms with Gasteiger partial charge in [0.25, 0.3) is 5.91 Å². The number of pyridine rings is 1. The molecule has 180 valence electrons. The van der Waals surface area contributed by atoms with Crippen molar-refractivity contribution in [2.24, 2.45) is 5.92 Å². The van der Waals surface area contributed by atoms with Gasteiger partial charge in [0.1, 0.15) is 11.4 Å². The Kier molecular flexibility index (Phi) is 6.88. The van der Waals surface area contributed by atoms with Crippen LogP contribution in [0.4, 0.5) is 4.79 Å². The molecule has 2 amide bonds. The highest BCUT2D eigenvalue weighted by Crippen LogP contribution is 2.41. The molecule has 1 atom stereocenters. The number of hydrogen-bond donors (Lipinski definition) is 1. The molecule has 0 radical (unpaired) electrons. The first-order valence-corrected chi connectivity index (χ1v) is 12.6. The Balaban J connectivity index is 1.69. The summed E-state index contributed by atoms with van der Waals surface area (Å²) in [6, 6.07) is 4.37. The number of furan rings is 1. The molecule has 33 heavy (non-hydrogen) atoms. The average molecular weight is 478 g/mol. The molecule has 3 heterocycles. The molecular weight excluding hydrogens is 446 g/mol. The van der Waals surface area contributed by atoms with E-state index in [1.165, 1.54) is 12.3 Å². The van der Waals surface area contributed by atoms with Gasteiger partial charge >= 0.3 is 6.09 Å². The number of nitrogens with zero attached hydrogens (tertiary/aromatic N) is 2. The maximum Gasteiger partial charge on any atom is 0.411 e. The lowest BCUT2D eigenvalue weighted by molar-refractivity contribution is 0.0107. The van der Waals surface area contributed by atoms with Crippen LogP contribution in [0.25, 0.3) is 0 Å². The molecular formula is C23H31N3O6S. The summed E-state index contributed by atoms with van der Waals surface area (Å²) in [6.07, 6.45) is 0.874. The standard InChI is InChI=1S/C23H31N3O6S/c1-7-33(29,30)17-9-8-16(24-12-17)11-25-21(27)18-10-15-13-26(22(28)32-23(4,5)6)19(14(2)3)20(15)31-18/h8-10,12,14,19H,7,11,13H2,1-6H3,(H,25,27). The molecule has 0 bridgehead atoms. The van der Waals surface area contributed by atoms with Crippen LogP contribution >= 0.6 is 0 Å². The van der Waals surface area contributed by atoms with Crippen molar-refractivity contribution >= 4 is 21.8 Å². The Morgan fingerprint density at radius 1 is 1.30 bits per heavy atom. The zero-order chi connectivity index (χ0) is 24.6. The first kappa shape index (κ1) is 24.8. The Morgan fingerprint density at radius 2 is 2.00 bits per heavy atom. The van der Waals surface area contributed by atoms with E-state index in [0.717, 1.165) is 5.56 Å². The topological polar surface area (TPSA) is 119 Å². The van der Waals surface area contributed by atoms with Gasteiger partial charge in [-0.2, -0.15) is 0 Å². The van der Waals surface area contributed by atoms with Crippen molar-refractivity contribution in [3.05, 3.63) is 47.2 Å². The largest absolute Gasteiger partial charge is 0.453 e. The molecule has 1 aliphatic heterocycles. The minimum absolute atomic E-state index is 0.00332. The van der Waals surface area contributed by atoms with E-state index in [0.29, 0.717) is 18.0 Å². The summed E-state index contributed by atoms with van der Waals surface area (Å²) in [5.41, 5.74) is 0.686. The van der Waals surface area contributed by atoms with Crippen LogP contribution in [0.3, 0.4) is 0 Å². The quantitative estimate of drug-likeness (QED) is 0.671. The summed E-state index contributed by atoms with van der Waals surface area (Å²) in [6.45, 7) is 11.4. The number of nitrogens with one attached hydrogen (secondary N) is 1. The Bertz CT molecular complexity index is 1130. The van der Waals surface area contributed by atoms with Gasteiger partial charge in [-0.1, -0.05) is 20.8 Å². The van der Waals surface area contributed by atoms with Crippen LogP contribution in [0.5, 0.6) is 0 Å². The molecule has 9 nitrogen and oxygen atoms in total. The van der Waals surface area contributed by atoms with Crippen molar-refractivity contribution in [1.29, 1.82) is 0 Å². The first-order valence-electron chi connectivity index (χ1n) is 10.9. The van der Waals surface area contributed by atoms with Gasteiger partial charge in [0.2, 0.25) is 0 Å². The second kappa shape index (κ2) is 9.17. The van der Waals surface area contributed by atoms with E-state index in [-0.39, 0.29) is 34.9 Å². The molecule has 2 aromatic heterocycles. The lowest BCUT2D eigenvalue weighted by atomic mass is 10.0. The monoisotopic (exact) mass is 477 g/mol. The summed E-state index contributed by atoms with van der Waals surface area (Å²) in [7, 11) is -3.32. The van der Waals surface area contributed by atoms with Crippen molar-refractivity contribution in [3.8, 4) is 0 Å². The summed E-state index contributed by atoms with van der Waals surface area (Å²) >= 11 is 0. The van der Waals surface area contributed by atoms with Crippen LogP contribution in [0.2, 0.25) is 0 Å². The fourth-order valence-electron chi connectivity index (χ4n) is 3.64. The van der Waals surface area contributed by atoms with E-state index in [2.05, 4.69) is 10.3 Å². The lowest BCUT2D eigenvalue weighted by Crippen LogP contribution is -2.37. The molecule has 1 unspecified atom stereocenters. The number of rotatable bonds is 6. The predicted molar refractivity (Wildman–Crippen MR) is 121 cm³/mol. The summed E-state index contributed by atoms with van der Waals surface area (Å²) in [4.78, 5) is 31.2. The fourth-order valence-corrected chi connectivity index (χ4v) is 4.46. The van der Waals surface area contributed by atoms with Crippen LogP contribution in [-0.2, 0) is 27.7 Å². The number of carbonyl (C=O) groups is 2. The Morgan fingerprint density at radius 3 is 2.55 bits per heavy atom. The minimum atomic E-state index is -3.32. The molecule has 0 saturated carbocycles. The van der Waals surface area contributed by atoms with Gasteiger partial charge in [-0.15, -0.1) is 0 Å². The highest BCUT2D eigenvalue weighted by atomic mass is 32.2. The number of sulfone groups is 1. The lowest BCUT2D eigenvalue weighted by Gasteiger charge is -2.30. The van der Waals surface area contributed by atoms with Gasteiger partial charge < -0.3 is 14.5 Å². The van der Waals surface area contributed by atoms with Crippen LogP contribution in [0.15, 0.2) is 33.7 Å². The molecule has 3 rings (SSSR count). The van der Waals surface area contributed by atoms with Crippen molar-refractivity contribution in [2.75, 3.05) is 5.75 Å². The van der Waals surface area contributed by atoms with Crippen molar-refractivity contribution in [3.63, 3.8) is 0 Å². The number of fused-ring (bicyclic) bond motifs is 1. The third-order valence-corrected chi connectivity index (χ3v) is 6.96. The molecule has 0 aromatic carbocycles. The van der Waals surface area contributed by atoms with Crippen molar-refractivity contribution in [1.82, 2.24) is 15.2 Å². The van der Waals surface area contributed by atoms with Crippen LogP contribution in [0, 0.1) is 5.92 Å². The summed E-state index contributed by atoms with van der Waals surface area (Å²) < 4.78 is 35.2. The van der Waals surface area contributed by atoms with E-state index in [1.807, 2.05) is 34.6 Å². The fraction of sp³-hybridized carbons (Fsp3) is 0.522. The molecule has 0 spiro atoms. The highest BCUT2D eigenvalue weighted by Gasteiger charge is 2.41. The molecule has 1 N–H and O–H groups in total. The molecule has 10 heteroatoms. The molecule has 2 aromatic rings. The van der Waals surface area contributed by atoms with E-state index < -0.39 is 27.4 Å². The maximum atomic E-state index is 12.7. The number of aromatic nitrogens is 1. The van der Waals surface area contributed by atoms with Gasteiger partial charge in [-0.25, -0.2) is 13.2 Å². The number of amides is 2. The minimum Gasteiger partial charge on any atom is -0.453 e. The van der Waals surface area contributed by atoms with E-state index in [4.69, 9.17) is 9.15 Å². The molecule has 0 aliphatic carbocycles.